The average Bonchev–Trinajstić information content (AvgIpc) is 2.82. The number of fused-ring (bicyclic) bond motifs is 1. The third-order valence-corrected chi connectivity index (χ3v) is 6.51. The Morgan fingerprint density at radius 2 is 1.95 bits per heavy atom. The van der Waals surface area contributed by atoms with Crippen LogP contribution in [0.3, 0.4) is 0 Å². The van der Waals surface area contributed by atoms with Crippen LogP contribution in [-0.4, -0.2) is 31.9 Å². The van der Waals surface area contributed by atoms with Crippen LogP contribution in [0.1, 0.15) is 24.8 Å². The molecule has 20 heavy (non-hydrogen) atoms. The van der Waals surface area contributed by atoms with Crippen LogP contribution >= 0.6 is 0 Å². The molecule has 2 N–H and O–H groups in total. The van der Waals surface area contributed by atoms with Crippen molar-refractivity contribution in [3.63, 3.8) is 0 Å². The highest BCUT2D eigenvalue weighted by Gasteiger charge is 2.41. The lowest BCUT2D eigenvalue weighted by molar-refractivity contribution is 0.271. The molecule has 0 radical (unpaired) electrons. The van der Waals surface area contributed by atoms with Gasteiger partial charge in [-0.05, 0) is 55.7 Å². The van der Waals surface area contributed by atoms with Gasteiger partial charge in [0.05, 0.1) is 4.90 Å². The second kappa shape index (κ2) is 5.13. The van der Waals surface area contributed by atoms with Crippen molar-refractivity contribution in [1.29, 1.82) is 0 Å². The Labute approximate surface area is 121 Å². The second-order valence-corrected chi connectivity index (χ2v) is 8.17. The first-order valence-electron chi connectivity index (χ1n) is 7.29. The minimum absolute atomic E-state index is 0.248. The maximum atomic E-state index is 12.7. The Hall–Kier alpha value is -0.910. The summed E-state index contributed by atoms with van der Waals surface area (Å²) in [5.41, 5.74) is 6.98. The van der Waals surface area contributed by atoms with E-state index < -0.39 is 10.0 Å². The van der Waals surface area contributed by atoms with Crippen LogP contribution in [0.25, 0.3) is 0 Å². The molecule has 1 saturated carbocycles. The van der Waals surface area contributed by atoms with E-state index in [0.29, 0.717) is 29.8 Å². The quantitative estimate of drug-likeness (QED) is 0.903. The topological polar surface area (TPSA) is 63.4 Å². The number of nitrogens with zero attached hydrogens (tertiary/aromatic N) is 1. The van der Waals surface area contributed by atoms with Crippen LogP contribution in [0, 0.1) is 18.8 Å². The molecule has 1 heterocycles. The molecule has 1 aromatic rings. The molecule has 110 valence electrons. The number of nitrogens with two attached hydrogens (primary N) is 1. The summed E-state index contributed by atoms with van der Waals surface area (Å²) in [6, 6.07) is 7.42. The van der Waals surface area contributed by atoms with E-state index in [1.54, 1.807) is 22.5 Å². The van der Waals surface area contributed by atoms with Crippen LogP contribution in [0.2, 0.25) is 0 Å². The SMILES string of the molecule is Cc1cccc(S(=O)(=O)N2C[C@H]3CCC(N)C[C@H]3C2)c1. The van der Waals surface area contributed by atoms with Gasteiger partial charge in [0.15, 0.2) is 0 Å². The average molecular weight is 294 g/mol. The Bertz CT molecular complexity index is 600. The van der Waals surface area contributed by atoms with Crippen molar-refractivity contribution < 1.29 is 8.42 Å². The predicted octanol–water partition coefficient (Wildman–Crippen LogP) is 1.74. The second-order valence-electron chi connectivity index (χ2n) is 6.23. The molecule has 1 saturated heterocycles. The van der Waals surface area contributed by atoms with Crippen LogP contribution < -0.4 is 5.73 Å². The normalized spacial score (nSPS) is 31.2. The first-order chi connectivity index (χ1) is 9.46. The van der Waals surface area contributed by atoms with E-state index in [4.69, 9.17) is 5.73 Å². The van der Waals surface area contributed by atoms with E-state index in [2.05, 4.69) is 0 Å². The molecule has 4 nitrogen and oxygen atoms in total. The highest BCUT2D eigenvalue weighted by molar-refractivity contribution is 7.89. The fourth-order valence-corrected chi connectivity index (χ4v) is 5.20. The minimum Gasteiger partial charge on any atom is -0.328 e. The third kappa shape index (κ3) is 2.50. The van der Waals surface area contributed by atoms with Gasteiger partial charge in [0.2, 0.25) is 10.0 Å². The van der Waals surface area contributed by atoms with Crippen molar-refractivity contribution in [2.24, 2.45) is 17.6 Å². The summed E-state index contributed by atoms with van der Waals surface area (Å²) in [5, 5.41) is 0. The number of benzene rings is 1. The van der Waals surface area contributed by atoms with Gasteiger partial charge in [-0.1, -0.05) is 12.1 Å². The van der Waals surface area contributed by atoms with Gasteiger partial charge in [-0.3, -0.25) is 0 Å². The summed E-state index contributed by atoms with van der Waals surface area (Å²) in [6.45, 7) is 3.21. The molecular formula is C15H22N2O2S. The van der Waals surface area contributed by atoms with Crippen LogP contribution in [0.4, 0.5) is 0 Å². The lowest BCUT2D eigenvalue weighted by Gasteiger charge is -2.28. The number of rotatable bonds is 2. The lowest BCUT2D eigenvalue weighted by Crippen LogP contribution is -2.32. The zero-order valence-electron chi connectivity index (χ0n) is 11.8. The van der Waals surface area contributed by atoms with Crippen LogP contribution in [-0.2, 0) is 10.0 Å². The molecule has 0 amide bonds. The van der Waals surface area contributed by atoms with Crippen molar-refractivity contribution in [2.75, 3.05) is 13.1 Å². The van der Waals surface area contributed by atoms with Gasteiger partial charge in [0.1, 0.15) is 0 Å². The van der Waals surface area contributed by atoms with Gasteiger partial charge < -0.3 is 5.73 Å². The van der Waals surface area contributed by atoms with E-state index in [1.165, 1.54) is 0 Å². The summed E-state index contributed by atoms with van der Waals surface area (Å²) in [4.78, 5) is 0.417. The molecular weight excluding hydrogens is 272 g/mol. The minimum atomic E-state index is -3.34. The van der Waals surface area contributed by atoms with Crippen LogP contribution in [0.5, 0.6) is 0 Å². The third-order valence-electron chi connectivity index (χ3n) is 4.68. The van der Waals surface area contributed by atoms with E-state index in [-0.39, 0.29) is 6.04 Å². The molecule has 3 rings (SSSR count). The molecule has 1 aliphatic carbocycles. The summed E-state index contributed by atoms with van der Waals surface area (Å²) < 4.78 is 27.1. The van der Waals surface area contributed by atoms with Crippen molar-refractivity contribution in [3.8, 4) is 0 Å². The van der Waals surface area contributed by atoms with Gasteiger partial charge in [-0.2, -0.15) is 4.31 Å². The molecule has 0 spiro atoms. The Morgan fingerprint density at radius 3 is 2.70 bits per heavy atom. The molecule has 3 atom stereocenters. The Kier molecular flexibility index (Phi) is 3.60. The molecule has 1 unspecified atom stereocenters. The monoisotopic (exact) mass is 294 g/mol. The zero-order chi connectivity index (χ0) is 14.3. The van der Waals surface area contributed by atoms with Crippen molar-refractivity contribution in [2.45, 2.75) is 37.1 Å². The van der Waals surface area contributed by atoms with E-state index in [1.807, 2.05) is 13.0 Å². The molecule has 5 heteroatoms. The van der Waals surface area contributed by atoms with Crippen molar-refractivity contribution in [1.82, 2.24) is 4.31 Å². The lowest BCUT2D eigenvalue weighted by atomic mass is 9.79. The number of aryl methyl sites for hydroxylation is 1. The molecule has 0 aromatic heterocycles. The highest BCUT2D eigenvalue weighted by Crippen LogP contribution is 2.37. The van der Waals surface area contributed by atoms with Gasteiger partial charge in [0.25, 0.3) is 0 Å². The summed E-state index contributed by atoms with van der Waals surface area (Å²) in [5.74, 6) is 0.938. The number of hydrogen-bond donors (Lipinski definition) is 1. The van der Waals surface area contributed by atoms with E-state index in [9.17, 15) is 8.42 Å². The summed E-state index contributed by atoms with van der Waals surface area (Å²) in [6.07, 6.45) is 3.05. The van der Waals surface area contributed by atoms with E-state index in [0.717, 1.165) is 24.8 Å². The molecule has 2 aliphatic rings. The number of sulfonamides is 1. The predicted molar refractivity (Wildman–Crippen MR) is 78.7 cm³/mol. The van der Waals surface area contributed by atoms with Crippen LogP contribution in [0.15, 0.2) is 29.2 Å². The molecule has 2 fully saturated rings. The van der Waals surface area contributed by atoms with Crippen molar-refractivity contribution >= 4 is 10.0 Å². The van der Waals surface area contributed by atoms with Gasteiger partial charge >= 0.3 is 0 Å². The fourth-order valence-electron chi connectivity index (χ4n) is 3.55. The first-order valence-corrected chi connectivity index (χ1v) is 8.73. The molecule has 0 bridgehead atoms. The largest absolute Gasteiger partial charge is 0.328 e. The van der Waals surface area contributed by atoms with Gasteiger partial charge in [-0.15, -0.1) is 0 Å². The Balaban J connectivity index is 1.83. The van der Waals surface area contributed by atoms with Gasteiger partial charge in [-0.25, -0.2) is 8.42 Å². The number of hydrogen-bond acceptors (Lipinski definition) is 3. The zero-order valence-corrected chi connectivity index (χ0v) is 12.6. The molecule has 1 aliphatic heterocycles. The van der Waals surface area contributed by atoms with Crippen molar-refractivity contribution in [3.05, 3.63) is 29.8 Å². The van der Waals surface area contributed by atoms with E-state index >= 15 is 0 Å². The fraction of sp³-hybridized carbons (Fsp3) is 0.600. The standard InChI is InChI=1S/C15H22N2O2S/c1-11-3-2-4-15(7-11)20(18,19)17-9-12-5-6-14(16)8-13(12)10-17/h2-4,7,12-14H,5-6,8-10,16H2,1H3/t12-,13+,14?/m1/s1. The molecule has 1 aromatic carbocycles. The Morgan fingerprint density at radius 1 is 1.20 bits per heavy atom. The first kappa shape index (κ1) is 14.0. The summed E-state index contributed by atoms with van der Waals surface area (Å²) in [7, 11) is -3.34. The highest BCUT2D eigenvalue weighted by atomic mass is 32.2. The van der Waals surface area contributed by atoms with Gasteiger partial charge in [0, 0.05) is 19.1 Å². The smallest absolute Gasteiger partial charge is 0.243 e. The maximum absolute atomic E-state index is 12.7. The maximum Gasteiger partial charge on any atom is 0.243 e. The summed E-state index contributed by atoms with van der Waals surface area (Å²) >= 11 is 0.